The Morgan fingerprint density at radius 3 is 2.09 bits per heavy atom. The van der Waals surface area contributed by atoms with Crippen LogP contribution >= 0.6 is 0 Å². The number of benzene rings is 2. The van der Waals surface area contributed by atoms with Crippen LogP contribution in [0.5, 0.6) is 0 Å². The maximum absolute atomic E-state index is 12.4. The van der Waals surface area contributed by atoms with E-state index in [1.54, 1.807) is 13.8 Å². The molecule has 7 nitrogen and oxygen atoms in total. The average molecular weight is 467 g/mol. The largest absolute Gasteiger partial charge is 0.480 e. The minimum Gasteiger partial charge on any atom is -0.480 e. The molecule has 0 saturated heterocycles. The number of fused-ring (bicyclic) bond motifs is 3. The van der Waals surface area contributed by atoms with Crippen LogP contribution in [0.25, 0.3) is 11.1 Å². The number of carboxylic acids is 1. The van der Waals surface area contributed by atoms with Crippen molar-refractivity contribution in [1.29, 1.82) is 0 Å². The summed E-state index contributed by atoms with van der Waals surface area (Å²) in [5, 5.41) is 14.9. The van der Waals surface area contributed by atoms with Crippen molar-refractivity contribution >= 4 is 18.0 Å². The summed E-state index contributed by atoms with van der Waals surface area (Å²) in [7, 11) is 0. The lowest BCUT2D eigenvalue weighted by atomic mass is 9.92. The van der Waals surface area contributed by atoms with Gasteiger partial charge in [0.25, 0.3) is 0 Å². The molecule has 0 aromatic heterocycles. The summed E-state index contributed by atoms with van der Waals surface area (Å²) in [5.74, 6) is -1.32. The predicted molar refractivity (Wildman–Crippen MR) is 131 cm³/mol. The molecule has 0 aliphatic heterocycles. The van der Waals surface area contributed by atoms with Gasteiger partial charge in [-0.25, -0.2) is 9.59 Å². The third-order valence-electron chi connectivity index (χ3n) is 6.78. The number of carbonyl (C=O) groups is 3. The summed E-state index contributed by atoms with van der Waals surface area (Å²) in [6.45, 7) is 6.03. The van der Waals surface area contributed by atoms with Crippen LogP contribution in [0.15, 0.2) is 48.5 Å². The van der Waals surface area contributed by atoms with E-state index in [9.17, 15) is 19.5 Å². The lowest BCUT2D eigenvalue weighted by Gasteiger charge is -2.28. The molecule has 182 valence electrons. The Hall–Kier alpha value is -3.35. The Kier molecular flexibility index (Phi) is 8.31. The third kappa shape index (κ3) is 5.58. The molecular weight excluding hydrogens is 432 g/mol. The highest BCUT2D eigenvalue weighted by Gasteiger charge is 2.36. The molecule has 7 heteroatoms. The first kappa shape index (κ1) is 25.3. The second-order valence-electron chi connectivity index (χ2n) is 8.99. The van der Waals surface area contributed by atoms with Gasteiger partial charge in [-0.3, -0.25) is 4.79 Å². The molecule has 1 aliphatic carbocycles. The highest BCUT2D eigenvalue weighted by Crippen LogP contribution is 2.44. The van der Waals surface area contributed by atoms with Gasteiger partial charge in [0.2, 0.25) is 5.91 Å². The van der Waals surface area contributed by atoms with Crippen LogP contribution in [0.1, 0.15) is 63.5 Å². The molecule has 3 rings (SSSR count). The molecular formula is C27H34N2O5. The van der Waals surface area contributed by atoms with Crippen molar-refractivity contribution < 1.29 is 24.2 Å². The number of hydrogen-bond donors (Lipinski definition) is 3. The van der Waals surface area contributed by atoms with Gasteiger partial charge in [-0.1, -0.05) is 69.3 Å². The quantitative estimate of drug-likeness (QED) is 0.445. The van der Waals surface area contributed by atoms with Crippen LogP contribution in [0.3, 0.4) is 0 Å². The van der Waals surface area contributed by atoms with Gasteiger partial charge in [0.1, 0.15) is 12.1 Å². The molecule has 2 aromatic carbocycles. The number of carboxylic acid groups (broad SMARTS) is 1. The van der Waals surface area contributed by atoms with E-state index in [1.165, 1.54) is 11.1 Å². The lowest BCUT2D eigenvalue weighted by molar-refractivity contribution is -0.148. The highest BCUT2D eigenvalue weighted by molar-refractivity contribution is 5.87. The lowest BCUT2D eigenvalue weighted by Crippen LogP contribution is -2.54. The summed E-state index contributed by atoms with van der Waals surface area (Å²) >= 11 is 0. The van der Waals surface area contributed by atoms with Gasteiger partial charge in [-0.05, 0) is 47.4 Å². The van der Waals surface area contributed by atoms with Crippen LogP contribution in [0.2, 0.25) is 0 Å². The molecule has 2 amide bonds. The number of aliphatic carboxylic acids is 1. The molecule has 0 spiro atoms. The third-order valence-corrected chi connectivity index (χ3v) is 6.78. The predicted octanol–water partition coefficient (Wildman–Crippen LogP) is 4.70. The van der Waals surface area contributed by atoms with Gasteiger partial charge in [0, 0.05) is 18.9 Å². The summed E-state index contributed by atoms with van der Waals surface area (Å²) in [6.07, 6.45) is 0.933. The SMILES string of the molecule is CCC(CC)(NC(=O)CC(C)CCNC(=O)OCC1c2ccccc2-c2ccccc21)C(=O)O. The fraction of sp³-hybridized carbons (Fsp3) is 0.444. The summed E-state index contributed by atoms with van der Waals surface area (Å²) in [5.41, 5.74) is 3.45. The first-order chi connectivity index (χ1) is 16.3. The Morgan fingerprint density at radius 1 is 1.00 bits per heavy atom. The van der Waals surface area contributed by atoms with Gasteiger partial charge >= 0.3 is 12.1 Å². The maximum Gasteiger partial charge on any atom is 0.407 e. The van der Waals surface area contributed by atoms with E-state index >= 15 is 0 Å². The zero-order chi connectivity index (χ0) is 24.7. The van der Waals surface area contributed by atoms with Crippen molar-refractivity contribution in [1.82, 2.24) is 10.6 Å². The van der Waals surface area contributed by atoms with E-state index in [-0.39, 0.29) is 30.8 Å². The van der Waals surface area contributed by atoms with E-state index in [0.717, 1.165) is 11.1 Å². The van der Waals surface area contributed by atoms with Crippen LogP contribution in [-0.4, -0.2) is 41.8 Å². The number of amides is 2. The number of carbonyl (C=O) groups excluding carboxylic acids is 2. The van der Waals surface area contributed by atoms with Gasteiger partial charge in [0.15, 0.2) is 0 Å². The van der Waals surface area contributed by atoms with Crippen LogP contribution < -0.4 is 10.6 Å². The summed E-state index contributed by atoms with van der Waals surface area (Å²) < 4.78 is 5.53. The number of rotatable bonds is 11. The van der Waals surface area contributed by atoms with Crippen molar-refractivity contribution in [3.8, 4) is 11.1 Å². The molecule has 34 heavy (non-hydrogen) atoms. The smallest absolute Gasteiger partial charge is 0.407 e. The zero-order valence-corrected chi connectivity index (χ0v) is 20.1. The maximum atomic E-state index is 12.4. The molecule has 0 heterocycles. The van der Waals surface area contributed by atoms with Gasteiger partial charge < -0.3 is 20.5 Å². The molecule has 2 aromatic rings. The molecule has 0 bridgehead atoms. The molecule has 0 radical (unpaired) electrons. The molecule has 1 aliphatic rings. The van der Waals surface area contributed by atoms with Crippen molar-refractivity contribution in [2.24, 2.45) is 5.92 Å². The van der Waals surface area contributed by atoms with Crippen molar-refractivity contribution in [2.45, 2.75) is 57.9 Å². The minimum absolute atomic E-state index is 0.00685. The molecule has 1 atom stereocenters. The van der Waals surface area contributed by atoms with E-state index in [0.29, 0.717) is 25.8 Å². The van der Waals surface area contributed by atoms with E-state index in [2.05, 4.69) is 34.9 Å². The van der Waals surface area contributed by atoms with E-state index in [4.69, 9.17) is 4.74 Å². The standard InChI is InChI=1S/C27H34N2O5/c1-4-27(5-2,25(31)32)29-24(30)16-18(3)14-15-28-26(33)34-17-23-21-12-8-6-10-19(21)20-11-7-9-13-22(20)23/h6-13,18,23H,4-5,14-17H2,1-3H3,(H,28,33)(H,29,30)(H,31,32). The molecule has 0 fully saturated rings. The molecule has 3 N–H and O–H groups in total. The first-order valence-corrected chi connectivity index (χ1v) is 11.9. The fourth-order valence-corrected chi connectivity index (χ4v) is 4.59. The first-order valence-electron chi connectivity index (χ1n) is 11.9. The topological polar surface area (TPSA) is 105 Å². The van der Waals surface area contributed by atoms with Crippen LogP contribution in [-0.2, 0) is 14.3 Å². The number of ether oxygens (including phenoxy) is 1. The number of hydrogen-bond acceptors (Lipinski definition) is 4. The van der Waals surface area contributed by atoms with Gasteiger partial charge in [-0.15, -0.1) is 0 Å². The fourth-order valence-electron chi connectivity index (χ4n) is 4.59. The molecule has 0 saturated carbocycles. The minimum atomic E-state index is -1.23. The van der Waals surface area contributed by atoms with E-state index in [1.807, 2.05) is 31.2 Å². The summed E-state index contributed by atoms with van der Waals surface area (Å²) in [6, 6.07) is 16.3. The highest BCUT2D eigenvalue weighted by atomic mass is 16.5. The zero-order valence-electron chi connectivity index (χ0n) is 20.1. The van der Waals surface area contributed by atoms with Crippen molar-refractivity contribution in [3.05, 3.63) is 59.7 Å². The summed E-state index contributed by atoms with van der Waals surface area (Å²) in [4.78, 5) is 36.2. The monoisotopic (exact) mass is 466 g/mol. The van der Waals surface area contributed by atoms with Crippen molar-refractivity contribution in [2.75, 3.05) is 13.2 Å². The molecule has 1 unspecified atom stereocenters. The Labute approximate surface area is 200 Å². The number of alkyl carbamates (subject to hydrolysis) is 1. The second kappa shape index (κ2) is 11.2. The normalized spacial score (nSPS) is 13.5. The second-order valence-corrected chi connectivity index (χ2v) is 8.99. The van der Waals surface area contributed by atoms with Crippen molar-refractivity contribution in [3.63, 3.8) is 0 Å². The van der Waals surface area contributed by atoms with E-state index < -0.39 is 17.6 Å². The van der Waals surface area contributed by atoms with Gasteiger partial charge in [-0.2, -0.15) is 0 Å². The Morgan fingerprint density at radius 2 is 1.56 bits per heavy atom. The van der Waals surface area contributed by atoms with Crippen LogP contribution in [0, 0.1) is 5.92 Å². The Bertz CT molecular complexity index is 986. The van der Waals surface area contributed by atoms with Crippen LogP contribution in [0.4, 0.5) is 4.79 Å². The Balaban J connectivity index is 1.44. The average Bonchev–Trinajstić information content (AvgIpc) is 3.14. The van der Waals surface area contributed by atoms with Gasteiger partial charge in [0.05, 0.1) is 0 Å². The number of nitrogens with one attached hydrogen (secondary N) is 2.